The van der Waals surface area contributed by atoms with Gasteiger partial charge in [0.1, 0.15) is 17.2 Å². The minimum absolute atomic E-state index is 0.00989. The molecule has 11 heteroatoms. The molecule has 0 aromatic heterocycles. The number of hydrogen-bond acceptors (Lipinski definition) is 11. The minimum Gasteiger partial charge on any atom is -0.493 e. The molecule has 0 N–H and O–H groups in total. The van der Waals surface area contributed by atoms with Gasteiger partial charge in [0.15, 0.2) is 11.5 Å². The SMILES string of the molecule is C=CC(=O)OCCCOc1ccc(C(=O)Oc2ccc(OC(=O)c3ccc(OC(=O)C=C)c(OC(=O)C=C)c3)cc2)cc1. The molecule has 0 saturated heterocycles. The molecule has 0 fully saturated rings. The van der Waals surface area contributed by atoms with E-state index in [4.69, 9.17) is 28.4 Å². The lowest BCUT2D eigenvalue weighted by atomic mass is 10.2. The maximum Gasteiger partial charge on any atom is 0.343 e. The first-order valence-electron chi connectivity index (χ1n) is 12.6. The standard InChI is InChI=1S/C32H26O11/c1-4-28(33)39-19-7-18-38-23-11-8-21(9-12-23)31(36)40-24-13-15-25(16-14-24)41-32(37)22-10-17-26(42-29(34)5-2)27(20-22)43-30(35)6-3/h4-6,8-17,20H,1-3,7,18-19H2. The van der Waals surface area contributed by atoms with Gasteiger partial charge in [0.2, 0.25) is 0 Å². The quantitative estimate of drug-likeness (QED) is 0.111. The van der Waals surface area contributed by atoms with Gasteiger partial charge < -0.3 is 28.4 Å². The number of rotatable bonds is 14. The van der Waals surface area contributed by atoms with Gasteiger partial charge in [0.25, 0.3) is 0 Å². The van der Waals surface area contributed by atoms with Crippen molar-refractivity contribution in [3.8, 4) is 28.7 Å². The fourth-order valence-corrected chi connectivity index (χ4v) is 3.17. The zero-order chi connectivity index (χ0) is 31.2. The van der Waals surface area contributed by atoms with Crippen LogP contribution >= 0.6 is 0 Å². The topological polar surface area (TPSA) is 141 Å². The molecule has 0 unspecified atom stereocenters. The smallest absolute Gasteiger partial charge is 0.343 e. The van der Waals surface area contributed by atoms with Crippen LogP contribution in [0.4, 0.5) is 0 Å². The van der Waals surface area contributed by atoms with Crippen molar-refractivity contribution in [1.29, 1.82) is 0 Å². The van der Waals surface area contributed by atoms with E-state index in [1.54, 1.807) is 12.1 Å². The lowest BCUT2D eigenvalue weighted by molar-refractivity contribution is -0.138. The summed E-state index contributed by atoms with van der Waals surface area (Å²) >= 11 is 0. The van der Waals surface area contributed by atoms with E-state index in [1.165, 1.54) is 54.6 Å². The summed E-state index contributed by atoms with van der Waals surface area (Å²) in [5, 5.41) is 0. The van der Waals surface area contributed by atoms with Crippen LogP contribution in [0.1, 0.15) is 27.1 Å². The summed E-state index contributed by atoms with van der Waals surface area (Å²) in [6.45, 7) is 10.4. The van der Waals surface area contributed by atoms with E-state index in [-0.39, 0.29) is 40.7 Å². The second kappa shape index (κ2) is 15.7. The van der Waals surface area contributed by atoms with Gasteiger partial charge in [0, 0.05) is 24.6 Å². The van der Waals surface area contributed by atoms with E-state index in [0.29, 0.717) is 18.8 Å². The average Bonchev–Trinajstić information content (AvgIpc) is 3.02. The molecular weight excluding hydrogens is 560 g/mol. The molecule has 0 aliphatic carbocycles. The first-order chi connectivity index (χ1) is 20.7. The molecule has 43 heavy (non-hydrogen) atoms. The van der Waals surface area contributed by atoms with E-state index in [9.17, 15) is 24.0 Å². The van der Waals surface area contributed by atoms with Crippen molar-refractivity contribution >= 4 is 29.8 Å². The molecule has 0 saturated carbocycles. The molecule has 0 aliphatic heterocycles. The number of carbonyl (C=O) groups is 5. The number of benzene rings is 3. The van der Waals surface area contributed by atoms with Gasteiger partial charge in [-0.15, -0.1) is 0 Å². The number of hydrogen-bond donors (Lipinski definition) is 0. The summed E-state index contributed by atoms with van der Waals surface area (Å²) in [7, 11) is 0. The molecule has 0 aliphatic rings. The summed E-state index contributed by atoms with van der Waals surface area (Å²) in [6.07, 6.45) is 3.39. The van der Waals surface area contributed by atoms with Gasteiger partial charge in [-0.1, -0.05) is 19.7 Å². The van der Waals surface area contributed by atoms with Crippen molar-refractivity contribution in [1.82, 2.24) is 0 Å². The Balaban J connectivity index is 1.56. The fraction of sp³-hybridized carbons (Fsp3) is 0.0938. The second-order valence-corrected chi connectivity index (χ2v) is 8.26. The van der Waals surface area contributed by atoms with E-state index < -0.39 is 29.8 Å². The zero-order valence-electron chi connectivity index (χ0n) is 22.8. The lowest BCUT2D eigenvalue weighted by Crippen LogP contribution is -2.12. The van der Waals surface area contributed by atoms with Crippen molar-refractivity contribution in [3.05, 3.63) is 116 Å². The third-order valence-corrected chi connectivity index (χ3v) is 5.24. The first-order valence-corrected chi connectivity index (χ1v) is 12.6. The van der Waals surface area contributed by atoms with Crippen LogP contribution in [0.5, 0.6) is 28.7 Å². The summed E-state index contributed by atoms with van der Waals surface area (Å²) in [5.41, 5.74) is 0.266. The summed E-state index contributed by atoms with van der Waals surface area (Å²) < 4.78 is 31.2. The number of esters is 5. The van der Waals surface area contributed by atoms with Gasteiger partial charge in [0.05, 0.1) is 24.3 Å². The molecule has 220 valence electrons. The predicted molar refractivity (Wildman–Crippen MR) is 152 cm³/mol. The van der Waals surface area contributed by atoms with E-state index >= 15 is 0 Å². The van der Waals surface area contributed by atoms with Crippen molar-refractivity contribution in [2.45, 2.75) is 6.42 Å². The molecule has 0 spiro atoms. The Morgan fingerprint density at radius 3 is 1.58 bits per heavy atom. The highest BCUT2D eigenvalue weighted by atomic mass is 16.6. The highest BCUT2D eigenvalue weighted by Crippen LogP contribution is 2.30. The van der Waals surface area contributed by atoms with Crippen LogP contribution in [0, 0.1) is 0 Å². The largest absolute Gasteiger partial charge is 0.493 e. The Kier molecular flexibility index (Phi) is 11.5. The third-order valence-electron chi connectivity index (χ3n) is 5.24. The maximum absolute atomic E-state index is 12.7. The van der Waals surface area contributed by atoms with Crippen LogP contribution in [0.25, 0.3) is 0 Å². The van der Waals surface area contributed by atoms with Crippen LogP contribution < -0.4 is 23.7 Å². The van der Waals surface area contributed by atoms with Gasteiger partial charge in [-0.3, -0.25) is 0 Å². The summed E-state index contributed by atoms with van der Waals surface area (Å²) in [4.78, 5) is 59.5. The maximum atomic E-state index is 12.7. The van der Waals surface area contributed by atoms with Crippen LogP contribution in [0.3, 0.4) is 0 Å². The highest BCUT2D eigenvalue weighted by molar-refractivity contribution is 5.93. The normalized spacial score (nSPS) is 9.95. The van der Waals surface area contributed by atoms with Gasteiger partial charge in [-0.05, 0) is 66.7 Å². The number of ether oxygens (including phenoxy) is 6. The van der Waals surface area contributed by atoms with Gasteiger partial charge in [-0.2, -0.15) is 0 Å². The first kappa shape index (κ1) is 31.6. The van der Waals surface area contributed by atoms with Crippen molar-refractivity contribution in [3.63, 3.8) is 0 Å². The van der Waals surface area contributed by atoms with E-state index in [1.807, 2.05) is 0 Å². The second-order valence-electron chi connectivity index (χ2n) is 8.26. The van der Waals surface area contributed by atoms with Crippen LogP contribution in [-0.4, -0.2) is 43.1 Å². The Bertz CT molecular complexity index is 1520. The Hall–Kier alpha value is -5.97. The van der Waals surface area contributed by atoms with Crippen molar-refractivity contribution in [2.24, 2.45) is 0 Å². The van der Waals surface area contributed by atoms with Gasteiger partial charge >= 0.3 is 29.8 Å². The zero-order valence-corrected chi connectivity index (χ0v) is 22.8. The van der Waals surface area contributed by atoms with Crippen LogP contribution in [0.15, 0.2) is 105 Å². The van der Waals surface area contributed by atoms with Crippen molar-refractivity contribution < 1.29 is 52.4 Å². The molecule has 0 radical (unpaired) electrons. The summed E-state index contributed by atoms with van der Waals surface area (Å²) in [5.74, 6) is -3.02. The molecule has 11 nitrogen and oxygen atoms in total. The number of carbonyl (C=O) groups excluding carboxylic acids is 5. The van der Waals surface area contributed by atoms with Crippen LogP contribution in [-0.2, 0) is 19.1 Å². The van der Waals surface area contributed by atoms with Crippen molar-refractivity contribution in [2.75, 3.05) is 13.2 Å². The molecule has 0 amide bonds. The molecule has 0 bridgehead atoms. The average molecular weight is 587 g/mol. The lowest BCUT2D eigenvalue weighted by Gasteiger charge is -2.11. The van der Waals surface area contributed by atoms with E-state index in [2.05, 4.69) is 19.7 Å². The fourth-order valence-electron chi connectivity index (χ4n) is 3.17. The molecule has 3 aromatic rings. The molecule has 0 atom stereocenters. The van der Waals surface area contributed by atoms with Crippen LogP contribution in [0.2, 0.25) is 0 Å². The molecule has 3 rings (SSSR count). The minimum atomic E-state index is -0.837. The third kappa shape index (κ3) is 9.87. The summed E-state index contributed by atoms with van der Waals surface area (Å²) in [6, 6.07) is 15.7. The Labute approximate surface area is 246 Å². The van der Waals surface area contributed by atoms with E-state index in [0.717, 1.165) is 18.2 Å². The predicted octanol–water partition coefficient (Wildman–Crippen LogP) is 4.81. The monoisotopic (exact) mass is 586 g/mol. The molecule has 3 aromatic carbocycles. The Morgan fingerprint density at radius 2 is 1.02 bits per heavy atom. The highest BCUT2D eigenvalue weighted by Gasteiger charge is 2.17. The molecule has 0 heterocycles. The molecular formula is C32H26O11. The van der Waals surface area contributed by atoms with Gasteiger partial charge in [-0.25, -0.2) is 24.0 Å². The Morgan fingerprint density at radius 1 is 0.535 bits per heavy atom.